The van der Waals surface area contributed by atoms with Crippen molar-refractivity contribution in [3.8, 4) is 34.1 Å². The van der Waals surface area contributed by atoms with Gasteiger partial charge in [0.15, 0.2) is 29.6 Å². The minimum absolute atomic E-state index is 0.180. The Balaban J connectivity index is 1.29. The number of ether oxygens (including phenoxy) is 4. The van der Waals surface area contributed by atoms with Crippen molar-refractivity contribution in [1.29, 1.82) is 0 Å². The van der Waals surface area contributed by atoms with Crippen LogP contribution in [0.15, 0.2) is 84.9 Å². The Bertz CT molecular complexity index is 1780. The molecule has 3 amide bonds. The summed E-state index contributed by atoms with van der Waals surface area (Å²) in [6.07, 6.45) is -0.622. The molecular weight excluding hydrogens is 593 g/mol. The van der Waals surface area contributed by atoms with Crippen LogP contribution in [0.2, 0.25) is 0 Å². The number of carbonyl (C=O) groups is 3. The van der Waals surface area contributed by atoms with Gasteiger partial charge >= 0.3 is 0 Å². The fourth-order valence-electron chi connectivity index (χ4n) is 5.51. The molecule has 7 rings (SSSR count). The van der Waals surface area contributed by atoms with E-state index >= 15 is 0 Å². The van der Waals surface area contributed by atoms with Crippen molar-refractivity contribution in [1.82, 2.24) is 15.5 Å². The van der Waals surface area contributed by atoms with Crippen molar-refractivity contribution in [2.45, 2.75) is 18.7 Å². The number of nitrogens with one attached hydrogen (secondary N) is 2. The SMILES string of the molecule is COc1ccc2cc1OCC(=O)NCc1ccc(c(OC)c1)O[C@H]1CN(C(=O)c3ccc(-c4cccc(F)c4)cc3)C[C@@H]1NC2=O. The van der Waals surface area contributed by atoms with Gasteiger partial charge in [-0.2, -0.15) is 0 Å². The topological polar surface area (TPSA) is 115 Å². The van der Waals surface area contributed by atoms with E-state index in [0.717, 1.165) is 11.1 Å². The van der Waals surface area contributed by atoms with Gasteiger partial charge < -0.3 is 34.5 Å². The highest BCUT2D eigenvalue weighted by atomic mass is 19.1. The third-order valence-corrected chi connectivity index (χ3v) is 7.94. The monoisotopic (exact) mass is 625 g/mol. The molecule has 2 atom stereocenters. The minimum Gasteiger partial charge on any atom is -0.493 e. The number of hydrogen-bond acceptors (Lipinski definition) is 7. The first-order chi connectivity index (χ1) is 22.3. The van der Waals surface area contributed by atoms with Crippen molar-refractivity contribution in [3.63, 3.8) is 0 Å². The number of likely N-dealkylation sites (tertiary alicyclic amines) is 1. The molecule has 0 aliphatic carbocycles. The maximum absolute atomic E-state index is 13.7. The molecule has 1 fully saturated rings. The van der Waals surface area contributed by atoms with Gasteiger partial charge in [0.05, 0.1) is 26.8 Å². The number of halogens is 1. The highest BCUT2D eigenvalue weighted by Crippen LogP contribution is 2.32. The first-order valence-corrected chi connectivity index (χ1v) is 14.7. The van der Waals surface area contributed by atoms with Crippen molar-refractivity contribution in [3.05, 3.63) is 107 Å². The van der Waals surface area contributed by atoms with E-state index in [2.05, 4.69) is 10.6 Å². The second kappa shape index (κ2) is 13.2. The first kappa shape index (κ1) is 30.4. The summed E-state index contributed by atoms with van der Waals surface area (Å²) < 4.78 is 36.8. The third kappa shape index (κ3) is 6.58. The normalized spacial score (nSPS) is 17.9. The Morgan fingerprint density at radius 2 is 1.63 bits per heavy atom. The zero-order valence-corrected chi connectivity index (χ0v) is 25.2. The van der Waals surface area contributed by atoms with Gasteiger partial charge in [-0.1, -0.05) is 30.3 Å². The summed E-state index contributed by atoms with van der Waals surface area (Å²) in [6.45, 7) is 0.305. The molecule has 0 radical (unpaired) electrons. The lowest BCUT2D eigenvalue weighted by molar-refractivity contribution is -0.123. The summed E-state index contributed by atoms with van der Waals surface area (Å²) in [5, 5.41) is 5.82. The smallest absolute Gasteiger partial charge is 0.258 e. The van der Waals surface area contributed by atoms with Crippen LogP contribution in [0, 0.1) is 5.82 Å². The number of benzene rings is 4. The van der Waals surface area contributed by atoms with Gasteiger partial charge in [0.25, 0.3) is 17.7 Å². The molecule has 11 heteroatoms. The Hall–Kier alpha value is -5.58. The second-order valence-electron chi connectivity index (χ2n) is 11.0. The highest BCUT2D eigenvalue weighted by Gasteiger charge is 2.39. The van der Waals surface area contributed by atoms with Gasteiger partial charge in [0, 0.05) is 24.2 Å². The lowest BCUT2D eigenvalue weighted by atomic mass is 10.0. The van der Waals surface area contributed by atoms with Crippen LogP contribution in [-0.4, -0.2) is 68.7 Å². The van der Waals surface area contributed by atoms with Crippen molar-refractivity contribution in [2.24, 2.45) is 0 Å². The lowest BCUT2D eigenvalue weighted by Gasteiger charge is -2.22. The zero-order valence-electron chi connectivity index (χ0n) is 25.2. The Morgan fingerprint density at radius 1 is 0.848 bits per heavy atom. The molecule has 1 saturated heterocycles. The van der Waals surface area contributed by atoms with Gasteiger partial charge in [-0.3, -0.25) is 14.4 Å². The molecule has 0 saturated carbocycles. The van der Waals surface area contributed by atoms with E-state index in [1.54, 1.807) is 71.6 Å². The van der Waals surface area contributed by atoms with E-state index in [-0.39, 0.29) is 55.2 Å². The number of rotatable bonds is 4. The van der Waals surface area contributed by atoms with Crippen LogP contribution < -0.4 is 29.6 Å². The van der Waals surface area contributed by atoms with E-state index < -0.39 is 18.1 Å². The average molecular weight is 626 g/mol. The third-order valence-electron chi connectivity index (χ3n) is 7.94. The van der Waals surface area contributed by atoms with Crippen LogP contribution in [0.5, 0.6) is 23.0 Å². The van der Waals surface area contributed by atoms with Gasteiger partial charge in [-0.05, 0) is 71.3 Å². The van der Waals surface area contributed by atoms with Crippen molar-refractivity contribution < 1.29 is 37.7 Å². The van der Waals surface area contributed by atoms with Crippen LogP contribution in [-0.2, 0) is 11.3 Å². The fourth-order valence-corrected chi connectivity index (χ4v) is 5.51. The number of methoxy groups -OCH3 is 2. The fraction of sp³-hybridized carbons (Fsp3) is 0.229. The molecule has 0 aromatic heterocycles. The van der Waals surface area contributed by atoms with Gasteiger partial charge in [0.1, 0.15) is 11.9 Å². The minimum atomic E-state index is -0.622. The summed E-state index contributed by atoms with van der Waals surface area (Å²) in [5.74, 6) is 0.105. The maximum Gasteiger partial charge on any atom is 0.258 e. The summed E-state index contributed by atoms with van der Waals surface area (Å²) in [5.41, 5.74) is 2.98. The predicted octanol–water partition coefficient (Wildman–Crippen LogP) is 4.22. The quantitative estimate of drug-likeness (QED) is 0.349. The Labute approximate surface area is 265 Å². The number of hydrogen-bond donors (Lipinski definition) is 2. The average Bonchev–Trinajstić information content (AvgIpc) is 3.47. The molecule has 4 aromatic carbocycles. The van der Waals surface area contributed by atoms with E-state index in [1.807, 2.05) is 0 Å². The summed E-state index contributed by atoms with van der Waals surface area (Å²) in [4.78, 5) is 41.3. The molecule has 236 valence electrons. The molecule has 0 spiro atoms. The first-order valence-electron chi connectivity index (χ1n) is 14.7. The van der Waals surface area contributed by atoms with Crippen molar-refractivity contribution >= 4 is 17.7 Å². The second-order valence-corrected chi connectivity index (χ2v) is 11.0. The van der Waals surface area contributed by atoms with Crippen LogP contribution in [0.3, 0.4) is 0 Å². The number of amides is 3. The Kier molecular flexibility index (Phi) is 8.73. The number of fused-ring (bicyclic) bond motifs is 7. The predicted molar refractivity (Wildman–Crippen MR) is 167 cm³/mol. The molecule has 2 N–H and O–H groups in total. The van der Waals surface area contributed by atoms with Crippen LogP contribution in [0.1, 0.15) is 26.3 Å². The molecule has 46 heavy (non-hydrogen) atoms. The van der Waals surface area contributed by atoms with Gasteiger partial charge in [0.2, 0.25) is 0 Å². The molecule has 3 aliphatic rings. The van der Waals surface area contributed by atoms with E-state index in [1.165, 1.54) is 32.4 Å². The van der Waals surface area contributed by atoms with E-state index in [0.29, 0.717) is 28.4 Å². The number of carbonyl (C=O) groups excluding carboxylic acids is 3. The largest absolute Gasteiger partial charge is 0.493 e. The van der Waals surface area contributed by atoms with Crippen LogP contribution in [0.25, 0.3) is 11.1 Å². The molecule has 0 unspecified atom stereocenters. The highest BCUT2D eigenvalue weighted by molar-refractivity contribution is 5.96. The Morgan fingerprint density at radius 3 is 2.39 bits per heavy atom. The number of nitrogens with zero attached hydrogens (tertiary/aromatic N) is 1. The van der Waals surface area contributed by atoms with Gasteiger partial charge in [-0.15, -0.1) is 0 Å². The molecule has 3 heterocycles. The molecule has 10 nitrogen and oxygen atoms in total. The van der Waals surface area contributed by atoms with Crippen LogP contribution in [0.4, 0.5) is 4.39 Å². The lowest BCUT2D eigenvalue weighted by Crippen LogP contribution is -2.45. The molecule has 3 aliphatic heterocycles. The molecule has 4 bridgehead atoms. The summed E-state index contributed by atoms with van der Waals surface area (Å²) >= 11 is 0. The standard InChI is InChI=1S/C35H32FN3O7/c1-43-28-13-11-25-16-31(28)45-20-33(40)37-17-21-6-12-29(30(14-21)44-2)46-32-19-39(18-27(32)38-34(25)41)35(42)23-9-7-22(8-10-23)24-4-3-5-26(36)15-24/h3-16,27,32H,17-20H2,1-2H3,(H,37,40)(H,38,41)/t27-,32-/m0/s1. The molecule has 4 aromatic rings. The van der Waals surface area contributed by atoms with E-state index in [4.69, 9.17) is 18.9 Å². The van der Waals surface area contributed by atoms with E-state index in [9.17, 15) is 18.8 Å². The van der Waals surface area contributed by atoms with Gasteiger partial charge in [-0.25, -0.2) is 4.39 Å². The van der Waals surface area contributed by atoms with Crippen molar-refractivity contribution in [2.75, 3.05) is 33.9 Å². The maximum atomic E-state index is 13.7. The summed E-state index contributed by atoms with van der Waals surface area (Å²) in [6, 6.07) is 22.6. The molecular formula is C35H32FN3O7. The van der Waals surface area contributed by atoms with Crippen LogP contribution >= 0.6 is 0 Å². The summed E-state index contributed by atoms with van der Waals surface area (Å²) in [7, 11) is 2.98. The zero-order chi connectivity index (χ0) is 32.2.